The lowest BCUT2D eigenvalue weighted by Gasteiger charge is -2.29. The van der Waals surface area contributed by atoms with Gasteiger partial charge in [0.15, 0.2) is 0 Å². The van der Waals surface area contributed by atoms with Crippen LogP contribution in [-0.4, -0.2) is 42.2 Å². The van der Waals surface area contributed by atoms with E-state index in [1.165, 1.54) is 24.9 Å². The molecule has 25 heavy (non-hydrogen) atoms. The van der Waals surface area contributed by atoms with Crippen molar-refractivity contribution in [3.05, 3.63) is 65.7 Å². The molecule has 4 heteroatoms. The van der Waals surface area contributed by atoms with Gasteiger partial charge in [-0.25, -0.2) is 0 Å². The Hall–Kier alpha value is -2.33. The first kappa shape index (κ1) is 17.5. The van der Waals surface area contributed by atoms with Crippen molar-refractivity contribution in [2.24, 2.45) is 0 Å². The van der Waals surface area contributed by atoms with Crippen LogP contribution in [0.2, 0.25) is 0 Å². The van der Waals surface area contributed by atoms with Gasteiger partial charge in [-0.3, -0.25) is 4.79 Å². The summed E-state index contributed by atoms with van der Waals surface area (Å²) in [6.45, 7) is 3.00. The molecule has 4 nitrogen and oxygen atoms in total. The fourth-order valence-electron chi connectivity index (χ4n) is 3.33. The number of carbonyl (C=O) groups excluding carboxylic acids is 1. The van der Waals surface area contributed by atoms with E-state index in [0.717, 1.165) is 18.7 Å². The second kappa shape index (κ2) is 8.67. The Bertz CT molecular complexity index is 664. The van der Waals surface area contributed by atoms with Crippen LogP contribution in [-0.2, 0) is 6.54 Å². The van der Waals surface area contributed by atoms with Crippen LogP contribution in [0, 0.1) is 0 Å². The molecule has 3 rings (SSSR count). The van der Waals surface area contributed by atoms with Crippen LogP contribution in [0.5, 0.6) is 0 Å². The van der Waals surface area contributed by atoms with E-state index in [9.17, 15) is 9.90 Å². The summed E-state index contributed by atoms with van der Waals surface area (Å²) in [7, 11) is 0. The molecule has 1 aliphatic rings. The maximum atomic E-state index is 12.8. The zero-order valence-corrected chi connectivity index (χ0v) is 14.6. The Balaban J connectivity index is 1.70. The number of nitrogens with zero attached hydrogens (tertiary/aromatic N) is 2. The summed E-state index contributed by atoms with van der Waals surface area (Å²) in [6, 6.07) is 17.8. The molecule has 1 amide bonds. The molecule has 1 aliphatic heterocycles. The van der Waals surface area contributed by atoms with Crippen molar-refractivity contribution in [2.45, 2.75) is 25.8 Å². The molecule has 2 aromatic carbocycles. The van der Waals surface area contributed by atoms with Gasteiger partial charge in [0.2, 0.25) is 0 Å². The van der Waals surface area contributed by atoms with Crippen LogP contribution < -0.4 is 4.90 Å². The van der Waals surface area contributed by atoms with Crippen molar-refractivity contribution in [1.29, 1.82) is 0 Å². The van der Waals surface area contributed by atoms with Gasteiger partial charge in [-0.1, -0.05) is 30.3 Å². The predicted molar refractivity (Wildman–Crippen MR) is 101 cm³/mol. The van der Waals surface area contributed by atoms with Crippen LogP contribution >= 0.6 is 0 Å². The smallest absolute Gasteiger partial charge is 0.254 e. The Morgan fingerprint density at radius 1 is 0.960 bits per heavy atom. The lowest BCUT2D eigenvalue weighted by Crippen LogP contribution is -2.33. The van der Waals surface area contributed by atoms with Gasteiger partial charge in [0.05, 0.1) is 6.61 Å². The normalized spacial score (nSPS) is 14.4. The number of anilines is 1. The summed E-state index contributed by atoms with van der Waals surface area (Å²) < 4.78 is 0. The number of piperidine rings is 1. The number of rotatable bonds is 6. The van der Waals surface area contributed by atoms with E-state index < -0.39 is 0 Å². The van der Waals surface area contributed by atoms with Crippen molar-refractivity contribution in [1.82, 2.24) is 4.90 Å². The molecular formula is C21H26N2O2. The lowest BCUT2D eigenvalue weighted by atomic mass is 10.1. The minimum atomic E-state index is -0.0388. The molecule has 1 N–H and O–H groups in total. The molecule has 1 fully saturated rings. The van der Waals surface area contributed by atoms with Gasteiger partial charge >= 0.3 is 0 Å². The van der Waals surface area contributed by atoms with Crippen LogP contribution in [0.4, 0.5) is 5.69 Å². The molecule has 0 saturated carbocycles. The highest BCUT2D eigenvalue weighted by atomic mass is 16.3. The van der Waals surface area contributed by atoms with E-state index in [-0.39, 0.29) is 12.5 Å². The third kappa shape index (κ3) is 4.60. The first-order chi connectivity index (χ1) is 12.3. The summed E-state index contributed by atoms with van der Waals surface area (Å²) in [6.07, 6.45) is 3.78. The highest BCUT2D eigenvalue weighted by Crippen LogP contribution is 2.21. The summed E-state index contributed by atoms with van der Waals surface area (Å²) in [5.41, 5.74) is 2.92. The van der Waals surface area contributed by atoms with E-state index in [2.05, 4.69) is 4.90 Å². The van der Waals surface area contributed by atoms with Crippen molar-refractivity contribution in [3.63, 3.8) is 0 Å². The van der Waals surface area contributed by atoms with Crippen molar-refractivity contribution in [2.75, 3.05) is 31.1 Å². The molecule has 1 saturated heterocycles. The summed E-state index contributed by atoms with van der Waals surface area (Å²) in [5.74, 6) is -0.0388. The molecule has 0 unspecified atom stereocenters. The number of hydrogen-bond donors (Lipinski definition) is 1. The molecule has 2 aromatic rings. The average molecular weight is 338 g/mol. The zero-order valence-electron chi connectivity index (χ0n) is 14.6. The van der Waals surface area contributed by atoms with Gasteiger partial charge < -0.3 is 14.9 Å². The van der Waals surface area contributed by atoms with Gasteiger partial charge in [0.1, 0.15) is 0 Å². The molecule has 0 atom stereocenters. The van der Waals surface area contributed by atoms with Gasteiger partial charge in [0, 0.05) is 37.4 Å². The zero-order chi connectivity index (χ0) is 17.5. The lowest BCUT2D eigenvalue weighted by molar-refractivity contribution is 0.0708. The minimum Gasteiger partial charge on any atom is -0.395 e. The van der Waals surface area contributed by atoms with Crippen LogP contribution in [0.1, 0.15) is 35.2 Å². The third-order valence-corrected chi connectivity index (χ3v) is 4.71. The first-order valence-corrected chi connectivity index (χ1v) is 9.07. The number of aliphatic hydroxyl groups is 1. The Morgan fingerprint density at radius 3 is 2.28 bits per heavy atom. The van der Waals surface area contributed by atoms with E-state index in [1.807, 2.05) is 54.6 Å². The maximum absolute atomic E-state index is 12.8. The fourth-order valence-corrected chi connectivity index (χ4v) is 3.33. The van der Waals surface area contributed by atoms with Crippen molar-refractivity contribution >= 4 is 11.6 Å². The van der Waals surface area contributed by atoms with Gasteiger partial charge in [-0.2, -0.15) is 0 Å². The standard InChI is InChI=1S/C21H26N2O2/c24-16-15-23(17-18-7-3-1-4-8-18)21(25)19-9-11-20(12-10-19)22-13-5-2-6-14-22/h1,3-4,7-12,24H,2,5-6,13-17H2. The quantitative estimate of drug-likeness (QED) is 0.879. The highest BCUT2D eigenvalue weighted by Gasteiger charge is 2.17. The molecule has 1 heterocycles. The molecule has 0 bridgehead atoms. The molecular weight excluding hydrogens is 312 g/mol. The van der Waals surface area contributed by atoms with E-state index in [1.54, 1.807) is 4.90 Å². The monoisotopic (exact) mass is 338 g/mol. The fraction of sp³-hybridized carbons (Fsp3) is 0.381. The van der Waals surface area contributed by atoms with E-state index in [0.29, 0.717) is 18.7 Å². The molecule has 0 radical (unpaired) electrons. The summed E-state index contributed by atoms with van der Waals surface area (Å²) in [5, 5.41) is 9.32. The Labute approximate surface area is 149 Å². The molecule has 0 aliphatic carbocycles. The molecule has 0 aromatic heterocycles. The average Bonchev–Trinajstić information content (AvgIpc) is 2.69. The minimum absolute atomic E-state index is 0.0373. The van der Waals surface area contributed by atoms with Gasteiger partial charge in [-0.05, 0) is 49.1 Å². The number of amides is 1. The number of benzene rings is 2. The van der Waals surface area contributed by atoms with Gasteiger partial charge in [0.25, 0.3) is 5.91 Å². The summed E-state index contributed by atoms with van der Waals surface area (Å²) >= 11 is 0. The van der Waals surface area contributed by atoms with E-state index in [4.69, 9.17) is 0 Å². The van der Waals surface area contributed by atoms with Crippen LogP contribution in [0.25, 0.3) is 0 Å². The second-order valence-electron chi connectivity index (χ2n) is 6.53. The maximum Gasteiger partial charge on any atom is 0.254 e. The first-order valence-electron chi connectivity index (χ1n) is 9.07. The SMILES string of the molecule is O=C(c1ccc(N2CCCCC2)cc1)N(CCO)Cc1ccccc1. The van der Waals surface area contributed by atoms with Crippen molar-refractivity contribution < 1.29 is 9.90 Å². The largest absolute Gasteiger partial charge is 0.395 e. The summed E-state index contributed by atoms with van der Waals surface area (Å²) in [4.78, 5) is 16.9. The molecule has 132 valence electrons. The topological polar surface area (TPSA) is 43.8 Å². The Morgan fingerprint density at radius 2 is 1.64 bits per heavy atom. The number of carbonyl (C=O) groups is 1. The van der Waals surface area contributed by atoms with E-state index >= 15 is 0 Å². The Kier molecular flexibility index (Phi) is 6.07. The predicted octanol–water partition coefficient (Wildman–Crippen LogP) is 3.31. The van der Waals surface area contributed by atoms with Crippen LogP contribution in [0.3, 0.4) is 0 Å². The third-order valence-electron chi connectivity index (χ3n) is 4.71. The van der Waals surface area contributed by atoms with Gasteiger partial charge in [-0.15, -0.1) is 0 Å². The molecule has 0 spiro atoms. The highest BCUT2D eigenvalue weighted by molar-refractivity contribution is 5.94. The second-order valence-corrected chi connectivity index (χ2v) is 6.53. The van der Waals surface area contributed by atoms with Crippen LogP contribution in [0.15, 0.2) is 54.6 Å². The number of hydrogen-bond acceptors (Lipinski definition) is 3. The number of aliphatic hydroxyl groups excluding tert-OH is 1. The van der Waals surface area contributed by atoms with Crippen molar-refractivity contribution in [3.8, 4) is 0 Å².